The van der Waals surface area contributed by atoms with Crippen molar-refractivity contribution in [2.24, 2.45) is 17.8 Å². The van der Waals surface area contributed by atoms with Crippen LogP contribution in [-0.2, 0) is 0 Å². The van der Waals surface area contributed by atoms with Crippen molar-refractivity contribution in [3.63, 3.8) is 0 Å². The summed E-state index contributed by atoms with van der Waals surface area (Å²) in [5.74, 6) is 2.04. The van der Waals surface area contributed by atoms with Crippen molar-refractivity contribution >= 4 is 12.4 Å². The maximum atomic E-state index is 10.2. The molecule has 3 rings (SSSR count). The highest BCUT2D eigenvalue weighted by molar-refractivity contribution is 5.85. The van der Waals surface area contributed by atoms with E-state index < -0.39 is 0 Å². The van der Waals surface area contributed by atoms with E-state index in [2.05, 4.69) is 10.2 Å². The summed E-state index contributed by atoms with van der Waals surface area (Å²) in [6.07, 6.45) is 6.53. The van der Waals surface area contributed by atoms with Crippen molar-refractivity contribution < 1.29 is 5.11 Å². The second-order valence-corrected chi connectivity index (χ2v) is 6.35. The van der Waals surface area contributed by atoms with Gasteiger partial charge in [0.05, 0.1) is 6.10 Å². The first kappa shape index (κ1) is 14.6. The Morgan fingerprint density at radius 2 is 1.61 bits per heavy atom. The van der Waals surface area contributed by atoms with Gasteiger partial charge in [-0.3, -0.25) is 0 Å². The van der Waals surface area contributed by atoms with Gasteiger partial charge in [0.2, 0.25) is 0 Å². The number of likely N-dealkylation sites (tertiary alicyclic amines) is 1. The van der Waals surface area contributed by atoms with Gasteiger partial charge in [0.1, 0.15) is 0 Å². The fraction of sp³-hybridized carbons (Fsp3) is 1.00. The smallest absolute Gasteiger partial charge is 0.0620 e. The van der Waals surface area contributed by atoms with Crippen LogP contribution >= 0.6 is 12.4 Å². The van der Waals surface area contributed by atoms with Gasteiger partial charge in [-0.15, -0.1) is 12.4 Å². The molecule has 2 bridgehead atoms. The number of piperidine rings is 2. The van der Waals surface area contributed by atoms with Gasteiger partial charge in [0, 0.05) is 19.6 Å². The third-order valence-corrected chi connectivity index (χ3v) is 5.08. The monoisotopic (exact) mass is 274 g/mol. The van der Waals surface area contributed by atoms with Crippen LogP contribution in [0.4, 0.5) is 0 Å². The Kier molecular flexibility index (Phi) is 5.31. The van der Waals surface area contributed by atoms with E-state index in [-0.39, 0.29) is 18.5 Å². The summed E-state index contributed by atoms with van der Waals surface area (Å²) in [6, 6.07) is 0. The Morgan fingerprint density at radius 3 is 2.22 bits per heavy atom. The number of hydrogen-bond acceptors (Lipinski definition) is 3. The lowest BCUT2D eigenvalue weighted by Gasteiger charge is -2.46. The maximum absolute atomic E-state index is 10.2. The van der Waals surface area contributed by atoms with E-state index >= 15 is 0 Å². The summed E-state index contributed by atoms with van der Waals surface area (Å²) in [7, 11) is 0. The predicted octanol–water partition coefficient (Wildman–Crippen LogP) is 1.50. The molecule has 0 aromatic heterocycles. The molecule has 3 aliphatic rings. The van der Waals surface area contributed by atoms with Gasteiger partial charge in [0.15, 0.2) is 0 Å². The van der Waals surface area contributed by atoms with Crippen LogP contribution in [0.1, 0.15) is 32.1 Å². The van der Waals surface area contributed by atoms with Gasteiger partial charge in [0.25, 0.3) is 0 Å². The topological polar surface area (TPSA) is 35.5 Å². The molecule has 2 heterocycles. The molecule has 2 saturated heterocycles. The summed E-state index contributed by atoms with van der Waals surface area (Å²) < 4.78 is 0. The highest BCUT2D eigenvalue weighted by atomic mass is 35.5. The zero-order chi connectivity index (χ0) is 11.7. The number of rotatable bonds is 2. The average Bonchev–Trinajstić information content (AvgIpc) is 2.32. The van der Waals surface area contributed by atoms with Gasteiger partial charge in [-0.05, 0) is 56.5 Å². The number of halogens is 1. The highest BCUT2D eigenvalue weighted by Gasteiger charge is 2.38. The summed E-state index contributed by atoms with van der Waals surface area (Å²) in [5.41, 5.74) is 0. The second-order valence-electron chi connectivity index (χ2n) is 6.35. The first-order valence-corrected chi connectivity index (χ1v) is 7.44. The lowest BCUT2D eigenvalue weighted by Crippen LogP contribution is -2.52. The molecule has 0 aromatic carbocycles. The quantitative estimate of drug-likeness (QED) is 0.801. The molecule has 0 amide bonds. The van der Waals surface area contributed by atoms with Crippen molar-refractivity contribution in [2.45, 2.75) is 38.2 Å². The third-order valence-electron chi connectivity index (χ3n) is 5.08. The lowest BCUT2D eigenvalue weighted by atomic mass is 9.75. The minimum absolute atomic E-state index is 0. The Morgan fingerprint density at radius 1 is 1.00 bits per heavy atom. The zero-order valence-corrected chi connectivity index (χ0v) is 12.0. The summed E-state index contributed by atoms with van der Waals surface area (Å²) >= 11 is 0. The Hall–Kier alpha value is 0.170. The van der Waals surface area contributed by atoms with Crippen molar-refractivity contribution in [1.82, 2.24) is 10.2 Å². The zero-order valence-electron chi connectivity index (χ0n) is 11.2. The number of aliphatic hydroxyl groups is 1. The molecule has 0 radical (unpaired) electrons. The van der Waals surface area contributed by atoms with Crippen LogP contribution in [0.25, 0.3) is 0 Å². The molecule has 1 aliphatic carbocycles. The third kappa shape index (κ3) is 3.19. The van der Waals surface area contributed by atoms with Crippen LogP contribution < -0.4 is 5.32 Å². The van der Waals surface area contributed by atoms with Crippen LogP contribution in [0, 0.1) is 17.8 Å². The number of aliphatic hydroxyl groups excluding tert-OH is 1. The van der Waals surface area contributed by atoms with Gasteiger partial charge < -0.3 is 15.3 Å². The SMILES string of the molecule is Cl.OC1C2CCCC1CN(CC1CCNCC1)C2. The molecule has 2 N–H and O–H groups in total. The molecule has 2 atom stereocenters. The van der Waals surface area contributed by atoms with E-state index in [1.807, 2.05) is 0 Å². The number of nitrogens with one attached hydrogen (secondary N) is 1. The molecular formula is C14H27ClN2O. The molecule has 1 saturated carbocycles. The fourth-order valence-corrected chi connectivity index (χ4v) is 4.08. The maximum Gasteiger partial charge on any atom is 0.0620 e. The molecule has 2 unspecified atom stereocenters. The number of hydrogen-bond donors (Lipinski definition) is 2. The number of nitrogens with zero attached hydrogens (tertiary/aromatic N) is 1. The summed E-state index contributed by atoms with van der Waals surface area (Å²) in [5, 5.41) is 13.6. The lowest BCUT2D eigenvalue weighted by molar-refractivity contribution is -0.0536. The van der Waals surface area contributed by atoms with E-state index in [0.717, 1.165) is 19.0 Å². The van der Waals surface area contributed by atoms with Crippen molar-refractivity contribution in [1.29, 1.82) is 0 Å². The van der Waals surface area contributed by atoms with E-state index in [0.29, 0.717) is 11.8 Å². The second kappa shape index (κ2) is 6.56. The molecular weight excluding hydrogens is 248 g/mol. The predicted molar refractivity (Wildman–Crippen MR) is 76.1 cm³/mol. The van der Waals surface area contributed by atoms with E-state index in [4.69, 9.17) is 0 Å². The van der Waals surface area contributed by atoms with Crippen molar-refractivity contribution in [3.8, 4) is 0 Å². The van der Waals surface area contributed by atoms with Crippen LogP contribution in [-0.4, -0.2) is 48.8 Å². The molecule has 0 aromatic rings. The van der Waals surface area contributed by atoms with Gasteiger partial charge in [-0.2, -0.15) is 0 Å². The Balaban J connectivity index is 0.00000120. The fourth-order valence-electron chi connectivity index (χ4n) is 4.08. The Labute approximate surface area is 117 Å². The minimum Gasteiger partial charge on any atom is -0.392 e. The summed E-state index contributed by atoms with van der Waals surface area (Å²) in [4.78, 5) is 2.65. The molecule has 3 nitrogen and oxygen atoms in total. The van der Waals surface area contributed by atoms with Crippen molar-refractivity contribution in [2.75, 3.05) is 32.7 Å². The van der Waals surface area contributed by atoms with Crippen LogP contribution in [0.3, 0.4) is 0 Å². The van der Waals surface area contributed by atoms with E-state index in [9.17, 15) is 5.11 Å². The number of fused-ring (bicyclic) bond motifs is 2. The van der Waals surface area contributed by atoms with E-state index in [1.165, 1.54) is 51.7 Å². The van der Waals surface area contributed by atoms with Crippen LogP contribution in [0.5, 0.6) is 0 Å². The van der Waals surface area contributed by atoms with E-state index in [1.54, 1.807) is 0 Å². The molecule has 2 aliphatic heterocycles. The minimum atomic E-state index is 0. The molecule has 3 fully saturated rings. The van der Waals surface area contributed by atoms with Gasteiger partial charge in [-0.25, -0.2) is 0 Å². The molecule has 4 heteroatoms. The molecule has 18 heavy (non-hydrogen) atoms. The first-order valence-electron chi connectivity index (χ1n) is 7.44. The van der Waals surface area contributed by atoms with Crippen LogP contribution in [0.15, 0.2) is 0 Å². The van der Waals surface area contributed by atoms with Crippen LogP contribution in [0.2, 0.25) is 0 Å². The summed E-state index contributed by atoms with van der Waals surface area (Å²) in [6.45, 7) is 5.99. The molecule has 106 valence electrons. The Bertz CT molecular complexity index is 244. The average molecular weight is 275 g/mol. The normalized spacial score (nSPS) is 38.2. The first-order chi connectivity index (χ1) is 8.33. The van der Waals surface area contributed by atoms with Gasteiger partial charge >= 0.3 is 0 Å². The largest absolute Gasteiger partial charge is 0.392 e. The highest BCUT2D eigenvalue weighted by Crippen LogP contribution is 2.35. The van der Waals surface area contributed by atoms with Crippen molar-refractivity contribution in [3.05, 3.63) is 0 Å². The molecule has 0 spiro atoms. The standard InChI is InChI=1S/C14H26N2O.ClH/c17-14-12-2-1-3-13(14)10-16(9-12)8-11-4-6-15-7-5-11;/h11-15,17H,1-10H2;1H. The van der Waals surface area contributed by atoms with Gasteiger partial charge in [-0.1, -0.05) is 6.42 Å².